The van der Waals surface area contributed by atoms with Crippen LogP contribution >= 0.6 is 15.9 Å². The molecule has 0 aliphatic rings. The van der Waals surface area contributed by atoms with Crippen LogP contribution in [0.5, 0.6) is 0 Å². The van der Waals surface area contributed by atoms with E-state index in [9.17, 15) is 9.59 Å². The topological polar surface area (TPSA) is 64.6 Å². The second-order valence-corrected chi connectivity index (χ2v) is 5.40. The first-order chi connectivity index (χ1) is 7.67. The van der Waals surface area contributed by atoms with E-state index in [1.807, 2.05) is 13.8 Å². The Morgan fingerprint density at radius 3 is 2.18 bits per heavy atom. The van der Waals surface area contributed by atoms with Crippen LogP contribution in [0.3, 0.4) is 0 Å². The first-order valence-electron chi connectivity index (χ1n) is 5.39. The Kier molecular flexibility index (Phi) is 6.52. The molecule has 0 bridgehead atoms. The summed E-state index contributed by atoms with van der Waals surface area (Å²) < 4.78 is 9.88. The number of esters is 1. The molecule has 0 spiro atoms. The van der Waals surface area contributed by atoms with Gasteiger partial charge in [-0.2, -0.15) is 0 Å². The van der Waals surface area contributed by atoms with Gasteiger partial charge >= 0.3 is 12.1 Å². The molecule has 0 saturated heterocycles. The lowest BCUT2D eigenvalue weighted by Crippen LogP contribution is -2.47. The number of alkyl halides is 1. The van der Waals surface area contributed by atoms with Gasteiger partial charge in [0.1, 0.15) is 17.2 Å². The summed E-state index contributed by atoms with van der Waals surface area (Å²) in [4.78, 5) is 23.1. The molecule has 0 aromatic rings. The normalized spacial score (nSPS) is 13.1. The minimum atomic E-state index is -0.706. The summed E-state index contributed by atoms with van der Waals surface area (Å²) in [6.07, 6.45) is -0.622. The molecule has 0 heterocycles. The molecule has 0 radical (unpaired) electrons. The van der Waals surface area contributed by atoms with Crippen LogP contribution in [0.15, 0.2) is 0 Å². The van der Waals surface area contributed by atoms with Gasteiger partial charge in [0.25, 0.3) is 0 Å². The average molecular weight is 310 g/mol. The van der Waals surface area contributed by atoms with Gasteiger partial charge in [-0.3, -0.25) is 0 Å². The van der Waals surface area contributed by atoms with Crippen LogP contribution in [0.2, 0.25) is 0 Å². The Hall–Kier alpha value is -0.780. The van der Waals surface area contributed by atoms with E-state index in [0.717, 1.165) is 0 Å². The molecule has 1 amide bonds. The lowest BCUT2D eigenvalue weighted by molar-refractivity contribution is -0.144. The highest BCUT2D eigenvalue weighted by Gasteiger charge is 2.27. The molecular formula is C11H20BrNO4. The zero-order chi connectivity index (χ0) is 13.6. The SMILES string of the molecule is CC(C)C(NC(=O)OC(C)(C)C)C(=O)OCBr. The molecule has 0 aliphatic heterocycles. The van der Waals surface area contributed by atoms with Crippen LogP contribution in [-0.4, -0.2) is 29.2 Å². The molecule has 6 heteroatoms. The molecule has 100 valence electrons. The second kappa shape index (κ2) is 6.83. The monoisotopic (exact) mass is 309 g/mol. The summed E-state index contributed by atoms with van der Waals surface area (Å²) in [5.74, 6) is -0.559. The van der Waals surface area contributed by atoms with Crippen LogP contribution in [0.25, 0.3) is 0 Å². The Morgan fingerprint density at radius 2 is 1.82 bits per heavy atom. The quantitative estimate of drug-likeness (QED) is 0.640. The molecule has 0 aromatic carbocycles. The van der Waals surface area contributed by atoms with E-state index in [2.05, 4.69) is 21.2 Å². The molecule has 1 unspecified atom stereocenters. The van der Waals surface area contributed by atoms with Crippen LogP contribution in [0.1, 0.15) is 34.6 Å². The van der Waals surface area contributed by atoms with Crippen molar-refractivity contribution in [2.75, 3.05) is 5.52 Å². The molecule has 0 saturated carbocycles. The number of hydrogen-bond donors (Lipinski definition) is 1. The Balaban J connectivity index is 4.46. The van der Waals surface area contributed by atoms with Gasteiger partial charge in [0, 0.05) is 0 Å². The summed E-state index contributed by atoms with van der Waals surface area (Å²) in [5.41, 5.74) is -0.490. The van der Waals surface area contributed by atoms with Crippen molar-refractivity contribution < 1.29 is 19.1 Å². The van der Waals surface area contributed by atoms with E-state index < -0.39 is 23.7 Å². The number of halogens is 1. The lowest BCUT2D eigenvalue weighted by atomic mass is 10.1. The maximum absolute atomic E-state index is 11.6. The summed E-state index contributed by atoms with van der Waals surface area (Å²) in [7, 11) is 0. The second-order valence-electron chi connectivity index (χ2n) is 4.94. The number of ether oxygens (including phenoxy) is 2. The first kappa shape index (κ1) is 16.2. The van der Waals surface area contributed by atoms with Gasteiger partial charge in [0.2, 0.25) is 0 Å². The molecule has 0 aliphatic carbocycles. The predicted octanol–water partition coefficient (Wildman–Crippen LogP) is 2.43. The number of rotatable bonds is 4. The van der Waals surface area contributed by atoms with Crippen LogP contribution in [0, 0.1) is 5.92 Å². The molecule has 1 atom stereocenters. The van der Waals surface area contributed by atoms with E-state index in [0.29, 0.717) is 0 Å². The summed E-state index contributed by atoms with van der Waals surface area (Å²) in [6, 6.07) is -0.706. The van der Waals surface area contributed by atoms with Crippen molar-refractivity contribution in [3.8, 4) is 0 Å². The molecule has 0 fully saturated rings. The minimum Gasteiger partial charge on any atom is -0.453 e. The largest absolute Gasteiger partial charge is 0.453 e. The average Bonchev–Trinajstić information content (AvgIpc) is 2.11. The molecular weight excluding hydrogens is 290 g/mol. The third-order valence-corrected chi connectivity index (χ3v) is 2.02. The highest BCUT2D eigenvalue weighted by atomic mass is 79.9. The fourth-order valence-electron chi connectivity index (χ4n) is 1.08. The van der Waals surface area contributed by atoms with Crippen LogP contribution < -0.4 is 5.32 Å². The number of alkyl carbamates (subject to hydrolysis) is 1. The summed E-state index contributed by atoms with van der Waals surface area (Å²) >= 11 is 3.00. The van der Waals surface area contributed by atoms with E-state index in [-0.39, 0.29) is 11.4 Å². The number of nitrogens with one attached hydrogen (secondary N) is 1. The predicted molar refractivity (Wildman–Crippen MR) is 67.9 cm³/mol. The Labute approximate surface area is 110 Å². The number of carbonyl (C=O) groups excluding carboxylic acids is 2. The van der Waals surface area contributed by atoms with Gasteiger partial charge < -0.3 is 14.8 Å². The van der Waals surface area contributed by atoms with Crippen molar-refractivity contribution in [1.29, 1.82) is 0 Å². The number of amides is 1. The maximum atomic E-state index is 11.6. The maximum Gasteiger partial charge on any atom is 0.408 e. The Bertz CT molecular complexity index is 273. The van der Waals surface area contributed by atoms with Crippen molar-refractivity contribution >= 4 is 28.0 Å². The highest BCUT2D eigenvalue weighted by Crippen LogP contribution is 2.09. The van der Waals surface area contributed by atoms with Gasteiger partial charge in [0.05, 0.1) is 0 Å². The highest BCUT2D eigenvalue weighted by molar-refractivity contribution is 9.09. The molecule has 17 heavy (non-hydrogen) atoms. The standard InChI is InChI=1S/C11H20BrNO4/c1-7(2)8(9(14)16-6-12)13-10(15)17-11(3,4)5/h7-8H,6H2,1-5H3,(H,13,15). The van der Waals surface area contributed by atoms with Crippen molar-refractivity contribution in [2.45, 2.75) is 46.3 Å². The van der Waals surface area contributed by atoms with Crippen molar-refractivity contribution in [2.24, 2.45) is 5.92 Å². The number of carbonyl (C=O) groups is 2. The fourth-order valence-corrected chi connectivity index (χ4v) is 1.30. The molecule has 0 rings (SSSR count). The smallest absolute Gasteiger partial charge is 0.408 e. The minimum absolute atomic E-state index is 0.0749. The summed E-state index contributed by atoms with van der Waals surface area (Å²) in [6.45, 7) is 8.91. The number of hydrogen-bond acceptors (Lipinski definition) is 4. The van der Waals surface area contributed by atoms with Gasteiger partial charge in [-0.15, -0.1) is 0 Å². The van der Waals surface area contributed by atoms with E-state index in [1.165, 1.54) is 0 Å². The molecule has 1 N–H and O–H groups in total. The zero-order valence-corrected chi connectivity index (χ0v) is 12.5. The first-order valence-corrected chi connectivity index (χ1v) is 6.51. The van der Waals surface area contributed by atoms with Crippen LogP contribution in [0.4, 0.5) is 4.79 Å². The Morgan fingerprint density at radius 1 is 1.29 bits per heavy atom. The van der Waals surface area contributed by atoms with Gasteiger partial charge in [-0.25, -0.2) is 9.59 Å². The fraction of sp³-hybridized carbons (Fsp3) is 0.818. The van der Waals surface area contributed by atoms with Crippen molar-refractivity contribution in [3.05, 3.63) is 0 Å². The van der Waals surface area contributed by atoms with E-state index in [1.54, 1.807) is 20.8 Å². The van der Waals surface area contributed by atoms with Gasteiger partial charge in [-0.1, -0.05) is 13.8 Å². The van der Waals surface area contributed by atoms with Crippen LogP contribution in [-0.2, 0) is 14.3 Å². The van der Waals surface area contributed by atoms with E-state index in [4.69, 9.17) is 9.47 Å². The van der Waals surface area contributed by atoms with Crippen molar-refractivity contribution in [1.82, 2.24) is 5.32 Å². The molecule has 5 nitrogen and oxygen atoms in total. The zero-order valence-electron chi connectivity index (χ0n) is 10.9. The van der Waals surface area contributed by atoms with Gasteiger partial charge in [-0.05, 0) is 42.6 Å². The van der Waals surface area contributed by atoms with E-state index >= 15 is 0 Å². The third kappa shape index (κ3) is 7.20. The van der Waals surface area contributed by atoms with Gasteiger partial charge in [0.15, 0.2) is 0 Å². The third-order valence-electron chi connectivity index (χ3n) is 1.79. The molecule has 0 aromatic heterocycles. The lowest BCUT2D eigenvalue weighted by Gasteiger charge is -2.24. The van der Waals surface area contributed by atoms with Crippen molar-refractivity contribution in [3.63, 3.8) is 0 Å². The summed E-state index contributed by atoms with van der Waals surface area (Å²) in [5, 5.41) is 2.50.